The van der Waals surface area contributed by atoms with E-state index in [9.17, 15) is 8.78 Å². The second kappa shape index (κ2) is 6.36. The molecule has 0 aliphatic rings. The third-order valence-corrected chi connectivity index (χ3v) is 1.83. The van der Waals surface area contributed by atoms with Crippen LogP contribution in [-0.2, 0) is 6.54 Å². The maximum absolute atomic E-state index is 12.2. The molecule has 6 heteroatoms. The van der Waals surface area contributed by atoms with Gasteiger partial charge in [0.15, 0.2) is 0 Å². The quantitative estimate of drug-likeness (QED) is 0.752. The van der Waals surface area contributed by atoms with Gasteiger partial charge in [-0.25, -0.2) is 18.7 Å². The highest BCUT2D eigenvalue weighted by Gasteiger charge is 2.12. The van der Waals surface area contributed by atoms with E-state index in [1.807, 2.05) is 0 Å². The van der Waals surface area contributed by atoms with Crippen molar-refractivity contribution in [1.82, 2.24) is 14.9 Å². The van der Waals surface area contributed by atoms with Gasteiger partial charge in [0.1, 0.15) is 5.82 Å². The third kappa shape index (κ3) is 4.75. The van der Waals surface area contributed by atoms with Crippen LogP contribution in [0.3, 0.4) is 0 Å². The number of rotatable bonds is 6. The lowest BCUT2D eigenvalue weighted by Gasteiger charge is -2.19. The predicted octanol–water partition coefficient (Wildman–Crippen LogP) is 0.502. The van der Waals surface area contributed by atoms with Crippen molar-refractivity contribution in [2.45, 2.75) is 13.0 Å². The first kappa shape index (κ1) is 11.9. The maximum atomic E-state index is 12.2. The Morgan fingerprint density at radius 1 is 1.33 bits per heavy atom. The number of hydrogen-bond acceptors (Lipinski definition) is 4. The highest BCUT2D eigenvalue weighted by Crippen LogP contribution is 2.02. The van der Waals surface area contributed by atoms with E-state index >= 15 is 0 Å². The van der Waals surface area contributed by atoms with Crippen LogP contribution in [-0.4, -0.2) is 40.9 Å². The molecule has 4 nitrogen and oxygen atoms in total. The minimum Gasteiger partial charge on any atom is -0.329 e. The Kier molecular flexibility index (Phi) is 5.06. The van der Waals surface area contributed by atoms with Gasteiger partial charge in [0.25, 0.3) is 6.43 Å². The van der Waals surface area contributed by atoms with E-state index in [1.165, 1.54) is 0 Å². The molecule has 15 heavy (non-hydrogen) atoms. The van der Waals surface area contributed by atoms with Crippen molar-refractivity contribution < 1.29 is 8.78 Å². The Bertz CT molecular complexity index is 268. The van der Waals surface area contributed by atoms with Crippen molar-refractivity contribution in [3.8, 4) is 0 Å². The van der Waals surface area contributed by atoms with E-state index in [4.69, 9.17) is 5.73 Å². The molecule has 84 valence electrons. The molecular formula is C9H14F2N4. The van der Waals surface area contributed by atoms with Crippen LogP contribution in [0.4, 0.5) is 8.78 Å². The number of halogens is 2. The first-order chi connectivity index (χ1) is 7.22. The Labute approximate surface area is 87.1 Å². The van der Waals surface area contributed by atoms with Gasteiger partial charge in [0.2, 0.25) is 0 Å². The zero-order chi connectivity index (χ0) is 11.1. The fourth-order valence-corrected chi connectivity index (χ4v) is 1.22. The average molecular weight is 216 g/mol. The summed E-state index contributed by atoms with van der Waals surface area (Å²) >= 11 is 0. The van der Waals surface area contributed by atoms with Crippen molar-refractivity contribution in [3.05, 3.63) is 24.3 Å². The second-order valence-corrected chi connectivity index (χ2v) is 3.08. The van der Waals surface area contributed by atoms with Crippen molar-refractivity contribution in [3.63, 3.8) is 0 Å². The fraction of sp³-hybridized carbons (Fsp3) is 0.556. The van der Waals surface area contributed by atoms with E-state index < -0.39 is 6.43 Å². The highest BCUT2D eigenvalue weighted by molar-refractivity contribution is 4.88. The summed E-state index contributed by atoms with van der Waals surface area (Å²) in [6, 6.07) is 1.68. The van der Waals surface area contributed by atoms with Crippen molar-refractivity contribution in [2.24, 2.45) is 5.73 Å². The molecule has 0 bridgehead atoms. The third-order valence-electron chi connectivity index (χ3n) is 1.83. The van der Waals surface area contributed by atoms with Crippen LogP contribution in [0.25, 0.3) is 0 Å². The largest absolute Gasteiger partial charge is 0.329 e. The topological polar surface area (TPSA) is 55.0 Å². The molecule has 2 N–H and O–H groups in total. The van der Waals surface area contributed by atoms with Gasteiger partial charge in [-0.15, -0.1) is 0 Å². The molecular weight excluding hydrogens is 202 g/mol. The molecule has 0 aliphatic carbocycles. The van der Waals surface area contributed by atoms with E-state index in [0.29, 0.717) is 25.5 Å². The summed E-state index contributed by atoms with van der Waals surface area (Å²) in [5, 5.41) is 0. The van der Waals surface area contributed by atoms with E-state index in [-0.39, 0.29) is 6.54 Å². The summed E-state index contributed by atoms with van der Waals surface area (Å²) in [6.45, 7) is 0.778. The Morgan fingerprint density at radius 2 is 2.00 bits per heavy atom. The van der Waals surface area contributed by atoms with Crippen LogP contribution < -0.4 is 5.73 Å². The van der Waals surface area contributed by atoms with Crippen LogP contribution in [0.5, 0.6) is 0 Å². The van der Waals surface area contributed by atoms with Gasteiger partial charge >= 0.3 is 0 Å². The van der Waals surface area contributed by atoms with Crippen LogP contribution in [0.2, 0.25) is 0 Å². The average Bonchev–Trinajstić information content (AvgIpc) is 2.18. The molecule has 1 rings (SSSR count). The van der Waals surface area contributed by atoms with Gasteiger partial charge in [0.05, 0.1) is 13.1 Å². The monoisotopic (exact) mass is 216 g/mol. The minimum atomic E-state index is -2.36. The van der Waals surface area contributed by atoms with E-state index in [1.54, 1.807) is 23.4 Å². The molecule has 0 fully saturated rings. The van der Waals surface area contributed by atoms with Crippen LogP contribution in [0.15, 0.2) is 18.5 Å². The molecule has 1 aromatic heterocycles. The molecule has 0 unspecified atom stereocenters. The normalized spacial score (nSPS) is 11.3. The first-order valence-electron chi connectivity index (χ1n) is 4.69. The van der Waals surface area contributed by atoms with Crippen molar-refractivity contribution in [1.29, 1.82) is 0 Å². The molecule has 1 heterocycles. The highest BCUT2D eigenvalue weighted by atomic mass is 19.3. The smallest absolute Gasteiger partial charge is 0.251 e. The van der Waals surface area contributed by atoms with Crippen LogP contribution >= 0.6 is 0 Å². The van der Waals surface area contributed by atoms with Gasteiger partial charge in [-0.2, -0.15) is 0 Å². The molecule has 0 aromatic carbocycles. The van der Waals surface area contributed by atoms with Crippen LogP contribution in [0, 0.1) is 0 Å². The maximum Gasteiger partial charge on any atom is 0.251 e. The van der Waals surface area contributed by atoms with Gasteiger partial charge in [-0.1, -0.05) is 0 Å². The first-order valence-corrected chi connectivity index (χ1v) is 4.69. The summed E-state index contributed by atoms with van der Waals surface area (Å²) in [5.41, 5.74) is 5.33. The number of hydrogen-bond donors (Lipinski definition) is 1. The lowest BCUT2D eigenvalue weighted by molar-refractivity contribution is 0.0850. The van der Waals surface area contributed by atoms with Gasteiger partial charge in [0, 0.05) is 25.5 Å². The summed E-state index contributed by atoms with van der Waals surface area (Å²) < 4.78 is 24.4. The molecule has 0 radical (unpaired) electrons. The molecule has 1 aromatic rings. The Balaban J connectivity index is 2.50. The lowest BCUT2D eigenvalue weighted by Crippen LogP contribution is -2.33. The molecule has 0 atom stereocenters. The standard InChI is InChI=1S/C9H14F2N4/c10-8(11)6-15(5-2-12)7-9-13-3-1-4-14-9/h1,3-4,8H,2,5-7,12H2. The zero-order valence-electron chi connectivity index (χ0n) is 8.31. The summed E-state index contributed by atoms with van der Waals surface area (Å²) in [5.74, 6) is 0.534. The summed E-state index contributed by atoms with van der Waals surface area (Å²) in [4.78, 5) is 9.48. The predicted molar refractivity (Wildman–Crippen MR) is 52.4 cm³/mol. The van der Waals surface area contributed by atoms with E-state index in [0.717, 1.165) is 0 Å². The molecule has 0 aliphatic heterocycles. The molecule has 0 saturated carbocycles. The second-order valence-electron chi connectivity index (χ2n) is 3.08. The number of nitrogens with two attached hydrogens (primary N) is 1. The molecule has 0 amide bonds. The molecule has 0 saturated heterocycles. The minimum absolute atomic E-state index is 0.296. The Morgan fingerprint density at radius 3 is 2.53 bits per heavy atom. The number of alkyl halides is 2. The summed E-state index contributed by atoms with van der Waals surface area (Å²) in [6.07, 6.45) is 0.816. The SMILES string of the molecule is NCCN(Cc1ncccn1)CC(F)F. The zero-order valence-corrected chi connectivity index (χ0v) is 8.31. The lowest BCUT2D eigenvalue weighted by atomic mass is 10.4. The van der Waals surface area contributed by atoms with Crippen molar-refractivity contribution >= 4 is 0 Å². The summed E-state index contributed by atoms with van der Waals surface area (Å²) in [7, 11) is 0. The van der Waals surface area contributed by atoms with Crippen molar-refractivity contribution in [2.75, 3.05) is 19.6 Å². The van der Waals surface area contributed by atoms with E-state index in [2.05, 4.69) is 9.97 Å². The van der Waals surface area contributed by atoms with Gasteiger partial charge in [-0.05, 0) is 6.07 Å². The Hall–Kier alpha value is -1.14. The number of nitrogens with zero attached hydrogens (tertiary/aromatic N) is 3. The van der Waals surface area contributed by atoms with Gasteiger partial charge < -0.3 is 5.73 Å². The van der Waals surface area contributed by atoms with Crippen LogP contribution in [0.1, 0.15) is 5.82 Å². The molecule has 0 spiro atoms. The van der Waals surface area contributed by atoms with Gasteiger partial charge in [-0.3, -0.25) is 4.90 Å². The number of aromatic nitrogens is 2. The fourth-order valence-electron chi connectivity index (χ4n) is 1.22.